The predicted octanol–water partition coefficient (Wildman–Crippen LogP) is 2.11. The summed E-state index contributed by atoms with van der Waals surface area (Å²) in [5.41, 5.74) is 0. The van der Waals surface area contributed by atoms with Crippen LogP contribution in [0.3, 0.4) is 0 Å². The zero-order valence-electron chi connectivity index (χ0n) is 11.8. The molecule has 1 fully saturated rings. The number of nitrogens with two attached hydrogens (primary N) is 1. The zero-order chi connectivity index (χ0) is 14.9. The van der Waals surface area contributed by atoms with Crippen LogP contribution in [0.5, 0.6) is 0 Å². The number of rotatable bonds is 3. The Labute approximate surface area is 123 Å². The first-order valence-corrected chi connectivity index (χ1v) is 9.15. The molecular weight excluding hydrogens is 296 g/mol. The number of piperidine rings is 1. The average Bonchev–Trinajstić information content (AvgIpc) is 2.80. The quantitative estimate of drug-likeness (QED) is 0.927. The molecule has 0 radical (unpaired) electrons. The van der Waals surface area contributed by atoms with Crippen LogP contribution in [0.15, 0.2) is 11.0 Å². The fourth-order valence-electron chi connectivity index (χ4n) is 2.69. The van der Waals surface area contributed by atoms with E-state index < -0.39 is 10.0 Å². The number of amides is 1. The predicted molar refractivity (Wildman–Crippen MR) is 79.4 cm³/mol. The second-order valence-electron chi connectivity index (χ2n) is 5.13. The fraction of sp³-hybridized carbons (Fsp3) is 0.615. The highest BCUT2D eigenvalue weighted by molar-refractivity contribution is 7.89. The van der Waals surface area contributed by atoms with E-state index in [-0.39, 0.29) is 16.8 Å². The van der Waals surface area contributed by atoms with E-state index in [4.69, 9.17) is 5.14 Å². The van der Waals surface area contributed by atoms with Crippen LogP contribution < -0.4 is 5.14 Å². The van der Waals surface area contributed by atoms with Gasteiger partial charge in [0.25, 0.3) is 5.91 Å². The van der Waals surface area contributed by atoms with Crippen molar-refractivity contribution in [2.24, 2.45) is 5.14 Å². The third-order valence-electron chi connectivity index (χ3n) is 3.75. The smallest absolute Gasteiger partial charge is 0.264 e. The number of primary sulfonamides is 1. The molecule has 1 aromatic heterocycles. The van der Waals surface area contributed by atoms with Crippen LogP contribution in [0, 0.1) is 6.92 Å². The average molecular weight is 316 g/mol. The summed E-state index contributed by atoms with van der Waals surface area (Å²) in [4.78, 5) is 15.5. The molecule has 2 rings (SSSR count). The van der Waals surface area contributed by atoms with Crippen molar-refractivity contribution in [3.8, 4) is 0 Å². The summed E-state index contributed by atoms with van der Waals surface area (Å²) in [5.74, 6) is -0.0699. The molecule has 112 valence electrons. The summed E-state index contributed by atoms with van der Waals surface area (Å²) < 4.78 is 22.9. The summed E-state index contributed by atoms with van der Waals surface area (Å²) >= 11 is 1.21. The molecule has 7 heteroatoms. The lowest BCUT2D eigenvalue weighted by Gasteiger charge is -2.35. The number of aryl methyl sites for hydroxylation is 1. The lowest BCUT2D eigenvalue weighted by atomic mass is 10.00. The maximum absolute atomic E-state index is 12.6. The molecule has 1 unspecified atom stereocenters. The van der Waals surface area contributed by atoms with E-state index in [0.717, 1.165) is 32.2 Å². The molecule has 2 N–H and O–H groups in total. The third kappa shape index (κ3) is 3.05. The Morgan fingerprint density at radius 2 is 2.20 bits per heavy atom. The summed E-state index contributed by atoms with van der Waals surface area (Å²) in [6.07, 6.45) is 4.11. The van der Waals surface area contributed by atoms with Crippen molar-refractivity contribution in [1.29, 1.82) is 0 Å². The second kappa shape index (κ2) is 5.83. The van der Waals surface area contributed by atoms with Gasteiger partial charge in [0.05, 0.1) is 9.77 Å². The van der Waals surface area contributed by atoms with E-state index in [0.29, 0.717) is 9.75 Å². The molecule has 1 aromatic rings. The summed E-state index contributed by atoms with van der Waals surface area (Å²) in [6, 6.07) is 1.68. The molecule has 1 amide bonds. The SMILES string of the molecule is CCC1CCCCN1C(=O)c1cc(S(N)(=O)=O)c(C)s1. The van der Waals surface area contributed by atoms with Crippen LogP contribution in [0.1, 0.15) is 47.2 Å². The molecule has 0 bridgehead atoms. The van der Waals surface area contributed by atoms with Gasteiger partial charge in [-0.25, -0.2) is 13.6 Å². The first-order valence-electron chi connectivity index (χ1n) is 6.78. The van der Waals surface area contributed by atoms with Gasteiger partial charge >= 0.3 is 0 Å². The Morgan fingerprint density at radius 1 is 1.50 bits per heavy atom. The number of nitrogens with zero attached hydrogens (tertiary/aromatic N) is 1. The first kappa shape index (κ1) is 15.5. The number of hydrogen-bond acceptors (Lipinski definition) is 4. The van der Waals surface area contributed by atoms with Gasteiger partial charge in [0.1, 0.15) is 0 Å². The lowest BCUT2D eigenvalue weighted by molar-refractivity contribution is 0.0613. The van der Waals surface area contributed by atoms with Gasteiger partial charge in [-0.1, -0.05) is 6.92 Å². The molecule has 0 saturated carbocycles. The van der Waals surface area contributed by atoms with Crippen molar-refractivity contribution in [3.63, 3.8) is 0 Å². The van der Waals surface area contributed by atoms with Crippen molar-refractivity contribution in [1.82, 2.24) is 4.90 Å². The zero-order valence-corrected chi connectivity index (χ0v) is 13.4. The number of thiophene rings is 1. The second-order valence-corrected chi connectivity index (χ2v) is 7.92. The normalized spacial score (nSPS) is 20.1. The number of carbonyl (C=O) groups is 1. The number of carbonyl (C=O) groups excluding carboxylic acids is 1. The Bertz CT molecular complexity index is 607. The molecule has 5 nitrogen and oxygen atoms in total. The van der Waals surface area contributed by atoms with E-state index in [9.17, 15) is 13.2 Å². The number of sulfonamides is 1. The fourth-order valence-corrected chi connectivity index (χ4v) is 4.79. The van der Waals surface area contributed by atoms with Gasteiger partial charge in [-0.05, 0) is 38.7 Å². The summed E-state index contributed by atoms with van der Waals surface area (Å²) in [5, 5.41) is 5.16. The van der Waals surface area contributed by atoms with Crippen molar-refractivity contribution in [2.45, 2.75) is 50.5 Å². The topological polar surface area (TPSA) is 80.5 Å². The lowest BCUT2D eigenvalue weighted by Crippen LogP contribution is -2.43. The minimum atomic E-state index is -3.76. The monoisotopic (exact) mass is 316 g/mol. The number of hydrogen-bond donors (Lipinski definition) is 1. The van der Waals surface area contributed by atoms with Crippen molar-refractivity contribution >= 4 is 27.3 Å². The van der Waals surface area contributed by atoms with Crippen LogP contribution in [0.2, 0.25) is 0 Å². The molecule has 1 saturated heterocycles. The van der Waals surface area contributed by atoms with Crippen LogP contribution >= 0.6 is 11.3 Å². The summed E-state index contributed by atoms with van der Waals surface area (Å²) in [6.45, 7) is 4.50. The Morgan fingerprint density at radius 3 is 2.75 bits per heavy atom. The molecule has 0 aliphatic carbocycles. The van der Waals surface area contributed by atoms with E-state index in [1.54, 1.807) is 6.92 Å². The Balaban J connectivity index is 2.29. The molecule has 0 aromatic carbocycles. The van der Waals surface area contributed by atoms with Gasteiger partial charge in [-0.3, -0.25) is 4.79 Å². The van der Waals surface area contributed by atoms with E-state index in [1.165, 1.54) is 17.4 Å². The molecule has 20 heavy (non-hydrogen) atoms. The molecular formula is C13H20N2O3S2. The number of likely N-dealkylation sites (tertiary alicyclic amines) is 1. The third-order valence-corrected chi connectivity index (χ3v) is 5.95. The van der Waals surface area contributed by atoms with E-state index in [1.807, 2.05) is 4.90 Å². The molecule has 0 spiro atoms. The van der Waals surface area contributed by atoms with E-state index >= 15 is 0 Å². The highest BCUT2D eigenvalue weighted by atomic mass is 32.2. The van der Waals surface area contributed by atoms with Crippen molar-refractivity contribution in [2.75, 3.05) is 6.54 Å². The Hall–Kier alpha value is -0.920. The largest absolute Gasteiger partial charge is 0.335 e. The Kier molecular flexibility index (Phi) is 4.51. The minimum Gasteiger partial charge on any atom is -0.335 e. The van der Waals surface area contributed by atoms with Crippen LogP contribution in [-0.2, 0) is 10.0 Å². The highest BCUT2D eigenvalue weighted by Gasteiger charge is 2.28. The maximum Gasteiger partial charge on any atom is 0.264 e. The van der Waals surface area contributed by atoms with Gasteiger partial charge in [0, 0.05) is 17.5 Å². The molecule has 1 atom stereocenters. The van der Waals surface area contributed by atoms with Gasteiger partial charge in [-0.15, -0.1) is 11.3 Å². The van der Waals surface area contributed by atoms with E-state index in [2.05, 4.69) is 6.92 Å². The summed E-state index contributed by atoms with van der Waals surface area (Å²) in [7, 11) is -3.76. The van der Waals surface area contributed by atoms with Gasteiger partial charge < -0.3 is 4.90 Å². The van der Waals surface area contributed by atoms with Crippen LogP contribution in [0.25, 0.3) is 0 Å². The highest BCUT2D eigenvalue weighted by Crippen LogP contribution is 2.28. The van der Waals surface area contributed by atoms with Crippen LogP contribution in [-0.4, -0.2) is 31.8 Å². The minimum absolute atomic E-state index is 0.0657. The van der Waals surface area contributed by atoms with Gasteiger partial charge in [0.2, 0.25) is 10.0 Å². The molecule has 1 aliphatic heterocycles. The van der Waals surface area contributed by atoms with Crippen LogP contribution in [0.4, 0.5) is 0 Å². The molecule has 1 aliphatic rings. The standard InChI is InChI=1S/C13H20N2O3S2/c1-3-10-6-4-5-7-15(10)13(16)11-8-12(9(2)19-11)20(14,17)18/h8,10H,3-7H2,1-2H3,(H2,14,17,18). The van der Waals surface area contributed by atoms with Gasteiger partial charge in [0.15, 0.2) is 0 Å². The first-order chi connectivity index (χ1) is 9.34. The van der Waals surface area contributed by atoms with Crippen molar-refractivity contribution in [3.05, 3.63) is 15.8 Å². The molecule has 2 heterocycles. The maximum atomic E-state index is 12.6. The van der Waals surface area contributed by atoms with Gasteiger partial charge in [-0.2, -0.15) is 0 Å². The van der Waals surface area contributed by atoms with Crippen molar-refractivity contribution < 1.29 is 13.2 Å².